The molecule has 35 heavy (non-hydrogen) atoms. The average molecular weight is 524 g/mol. The quantitative estimate of drug-likeness (QED) is 0.323. The minimum Gasteiger partial charge on any atom is -0.267 e. The van der Waals surface area contributed by atoms with Gasteiger partial charge in [0.05, 0.1) is 17.7 Å². The standard InChI is InChI=1S/C26H17Cl3N4O2/c27-19-10-8-18(9-11-19)21(15-30)25-22(28)13-20(14-23(25)29)33-26(35)32(24(34)16-31-33)12-4-7-17-5-2-1-3-6-17/h1-11,13-14,16,21H,12H2. The number of aromatic nitrogens is 3. The number of hydrogen-bond acceptors (Lipinski definition) is 4. The highest BCUT2D eigenvalue weighted by Gasteiger charge is 2.22. The van der Waals surface area contributed by atoms with E-state index in [2.05, 4.69) is 11.2 Å². The van der Waals surface area contributed by atoms with Gasteiger partial charge in [-0.2, -0.15) is 15.0 Å². The van der Waals surface area contributed by atoms with Crippen molar-refractivity contribution in [3.63, 3.8) is 0 Å². The van der Waals surface area contributed by atoms with Crippen molar-refractivity contribution in [2.75, 3.05) is 0 Å². The molecule has 0 fully saturated rings. The first kappa shape index (κ1) is 24.5. The number of benzene rings is 3. The largest absolute Gasteiger partial charge is 0.352 e. The highest BCUT2D eigenvalue weighted by atomic mass is 35.5. The summed E-state index contributed by atoms with van der Waals surface area (Å²) in [6.07, 6.45) is 4.59. The molecular formula is C26H17Cl3N4O2. The Morgan fingerprint density at radius 2 is 1.63 bits per heavy atom. The van der Waals surface area contributed by atoms with Crippen LogP contribution in [0.3, 0.4) is 0 Å². The van der Waals surface area contributed by atoms with Crippen LogP contribution >= 0.6 is 34.8 Å². The molecule has 0 aliphatic heterocycles. The molecule has 6 nitrogen and oxygen atoms in total. The summed E-state index contributed by atoms with van der Waals surface area (Å²) >= 11 is 19.0. The first-order chi connectivity index (χ1) is 16.9. The summed E-state index contributed by atoms with van der Waals surface area (Å²) in [5, 5.41) is 14.7. The van der Waals surface area contributed by atoms with Crippen LogP contribution in [0.2, 0.25) is 15.1 Å². The third-order valence-electron chi connectivity index (χ3n) is 5.29. The van der Waals surface area contributed by atoms with Crippen LogP contribution in [0, 0.1) is 11.3 Å². The van der Waals surface area contributed by atoms with Crippen molar-refractivity contribution in [3.05, 3.63) is 132 Å². The van der Waals surface area contributed by atoms with Crippen molar-refractivity contribution in [2.24, 2.45) is 0 Å². The van der Waals surface area contributed by atoms with Crippen molar-refractivity contribution >= 4 is 40.9 Å². The van der Waals surface area contributed by atoms with Gasteiger partial charge in [0.2, 0.25) is 0 Å². The molecule has 4 rings (SSSR count). The van der Waals surface area contributed by atoms with Crippen LogP contribution in [-0.4, -0.2) is 14.3 Å². The summed E-state index contributed by atoms with van der Waals surface area (Å²) in [5.41, 5.74) is 1.09. The second kappa shape index (κ2) is 10.7. The van der Waals surface area contributed by atoms with Gasteiger partial charge in [0.1, 0.15) is 6.20 Å². The molecule has 0 radical (unpaired) electrons. The SMILES string of the molecule is N#CC(c1ccc(Cl)cc1)c1c(Cl)cc(-n2ncc(=O)n(CC=Cc3ccccc3)c2=O)cc1Cl. The maximum absolute atomic E-state index is 13.1. The number of nitriles is 1. The lowest BCUT2D eigenvalue weighted by atomic mass is 9.92. The first-order valence-electron chi connectivity index (χ1n) is 10.4. The molecule has 174 valence electrons. The summed E-state index contributed by atoms with van der Waals surface area (Å²) in [4.78, 5) is 25.4. The van der Waals surface area contributed by atoms with E-state index in [4.69, 9.17) is 34.8 Å². The Balaban J connectivity index is 1.70. The number of allylic oxidation sites excluding steroid dienone is 1. The van der Waals surface area contributed by atoms with Gasteiger partial charge < -0.3 is 0 Å². The van der Waals surface area contributed by atoms with Crippen LogP contribution in [0.4, 0.5) is 0 Å². The summed E-state index contributed by atoms with van der Waals surface area (Å²) in [5.74, 6) is -0.747. The Morgan fingerprint density at radius 1 is 0.971 bits per heavy atom. The number of rotatable bonds is 6. The molecule has 1 aromatic heterocycles. The third kappa shape index (κ3) is 5.39. The van der Waals surface area contributed by atoms with Crippen molar-refractivity contribution in [1.82, 2.24) is 14.3 Å². The lowest BCUT2D eigenvalue weighted by molar-refractivity contribution is 0.624. The second-order valence-corrected chi connectivity index (χ2v) is 8.79. The first-order valence-corrected chi connectivity index (χ1v) is 11.6. The van der Waals surface area contributed by atoms with Crippen LogP contribution in [0.1, 0.15) is 22.6 Å². The molecule has 0 saturated heterocycles. The topological polar surface area (TPSA) is 80.7 Å². The van der Waals surface area contributed by atoms with Crippen LogP contribution in [-0.2, 0) is 6.54 Å². The van der Waals surface area contributed by atoms with E-state index in [9.17, 15) is 14.9 Å². The number of nitrogens with zero attached hydrogens (tertiary/aromatic N) is 4. The van der Waals surface area contributed by atoms with E-state index in [1.54, 1.807) is 30.3 Å². The summed E-state index contributed by atoms with van der Waals surface area (Å²) in [6.45, 7) is 0.0572. The monoisotopic (exact) mass is 522 g/mol. The van der Waals surface area contributed by atoms with E-state index in [0.29, 0.717) is 16.1 Å². The van der Waals surface area contributed by atoms with Gasteiger partial charge in [-0.15, -0.1) is 0 Å². The van der Waals surface area contributed by atoms with Gasteiger partial charge in [0, 0.05) is 27.2 Å². The van der Waals surface area contributed by atoms with Crippen LogP contribution in [0.5, 0.6) is 0 Å². The molecule has 3 aromatic carbocycles. The molecule has 0 aliphatic rings. The lowest BCUT2D eigenvalue weighted by Gasteiger charge is -2.16. The van der Waals surface area contributed by atoms with Crippen LogP contribution < -0.4 is 11.2 Å². The molecule has 0 aliphatic carbocycles. The fourth-order valence-electron chi connectivity index (χ4n) is 3.57. The van der Waals surface area contributed by atoms with Crippen molar-refractivity contribution in [1.29, 1.82) is 5.26 Å². The maximum atomic E-state index is 13.1. The van der Waals surface area contributed by atoms with Crippen molar-refractivity contribution in [3.8, 4) is 11.8 Å². The smallest absolute Gasteiger partial charge is 0.267 e. The van der Waals surface area contributed by atoms with E-state index in [1.165, 1.54) is 12.1 Å². The lowest BCUT2D eigenvalue weighted by Crippen LogP contribution is -2.39. The Kier molecular flexibility index (Phi) is 7.52. The minimum absolute atomic E-state index is 0.0572. The molecule has 9 heteroatoms. The molecule has 1 heterocycles. The van der Waals surface area contributed by atoms with Crippen LogP contribution in [0.15, 0.2) is 88.6 Å². The predicted octanol–water partition coefficient (Wildman–Crippen LogP) is 5.72. The Labute approximate surface area is 215 Å². The van der Waals surface area contributed by atoms with E-state index in [-0.39, 0.29) is 22.3 Å². The van der Waals surface area contributed by atoms with Gasteiger partial charge in [0.25, 0.3) is 5.56 Å². The predicted molar refractivity (Wildman–Crippen MR) is 138 cm³/mol. The molecule has 0 saturated carbocycles. The van der Waals surface area contributed by atoms with Gasteiger partial charge >= 0.3 is 5.69 Å². The molecule has 0 N–H and O–H groups in total. The van der Waals surface area contributed by atoms with E-state index in [1.807, 2.05) is 36.4 Å². The van der Waals surface area contributed by atoms with Gasteiger partial charge in [0.15, 0.2) is 0 Å². The zero-order valence-electron chi connectivity index (χ0n) is 18.1. The molecule has 1 atom stereocenters. The van der Waals surface area contributed by atoms with E-state index >= 15 is 0 Å². The Bertz CT molecular complexity index is 1530. The van der Waals surface area contributed by atoms with Crippen LogP contribution in [0.25, 0.3) is 11.8 Å². The highest BCUT2D eigenvalue weighted by molar-refractivity contribution is 6.36. The Morgan fingerprint density at radius 3 is 2.26 bits per heavy atom. The molecule has 1 unspecified atom stereocenters. The number of halogens is 3. The van der Waals surface area contributed by atoms with E-state index in [0.717, 1.165) is 21.0 Å². The molecule has 4 aromatic rings. The van der Waals surface area contributed by atoms with E-state index < -0.39 is 17.2 Å². The molecule has 0 amide bonds. The highest BCUT2D eigenvalue weighted by Crippen LogP contribution is 2.37. The minimum atomic E-state index is -0.747. The average Bonchev–Trinajstić information content (AvgIpc) is 2.85. The van der Waals surface area contributed by atoms with Gasteiger partial charge in [-0.05, 0) is 35.4 Å². The fourth-order valence-corrected chi connectivity index (χ4v) is 4.39. The molecular weight excluding hydrogens is 507 g/mol. The molecule has 0 spiro atoms. The summed E-state index contributed by atoms with van der Waals surface area (Å²) < 4.78 is 2.09. The fraction of sp³-hybridized carbons (Fsp3) is 0.0769. The zero-order valence-corrected chi connectivity index (χ0v) is 20.4. The summed E-state index contributed by atoms with van der Waals surface area (Å²) in [6, 6.07) is 21.5. The zero-order chi connectivity index (χ0) is 24.9. The Hall–Kier alpha value is -3.63. The van der Waals surface area contributed by atoms with Gasteiger partial charge in [-0.1, -0.05) is 89.4 Å². The van der Waals surface area contributed by atoms with Crippen molar-refractivity contribution < 1.29 is 0 Å². The normalized spacial score (nSPS) is 11.9. The van der Waals surface area contributed by atoms with Gasteiger partial charge in [-0.25, -0.2) is 4.79 Å². The molecule has 0 bridgehead atoms. The third-order valence-corrected chi connectivity index (χ3v) is 6.17. The second-order valence-electron chi connectivity index (χ2n) is 7.54. The summed E-state index contributed by atoms with van der Waals surface area (Å²) in [7, 11) is 0. The van der Waals surface area contributed by atoms with Crippen molar-refractivity contribution in [2.45, 2.75) is 12.5 Å². The number of hydrogen-bond donors (Lipinski definition) is 0. The maximum Gasteiger partial charge on any atom is 0.352 e. The van der Waals surface area contributed by atoms with Gasteiger partial charge in [-0.3, -0.25) is 9.36 Å².